The van der Waals surface area contributed by atoms with Crippen molar-refractivity contribution in [3.8, 4) is 5.75 Å². The van der Waals surface area contributed by atoms with Crippen molar-refractivity contribution in [3.63, 3.8) is 0 Å². The van der Waals surface area contributed by atoms with E-state index in [-0.39, 0.29) is 0 Å². The summed E-state index contributed by atoms with van der Waals surface area (Å²) in [5.41, 5.74) is 0.821. The Bertz CT molecular complexity index is 463. The fraction of sp³-hybridized carbons (Fsp3) is 0.333. The maximum atomic E-state index is 11.6. The van der Waals surface area contributed by atoms with E-state index in [1.807, 2.05) is 6.92 Å². The molecule has 1 aromatic rings. The molecule has 0 heterocycles. The number of hydrogen-bond acceptors (Lipinski definition) is 3. The van der Waals surface area contributed by atoms with Crippen LogP contribution in [-0.2, 0) is 4.79 Å². The van der Waals surface area contributed by atoms with Gasteiger partial charge in [0.25, 0.3) is 5.91 Å². The van der Waals surface area contributed by atoms with Crippen molar-refractivity contribution >= 4 is 23.5 Å². The molecule has 3 amide bonds. The van der Waals surface area contributed by atoms with Gasteiger partial charge in [0.1, 0.15) is 5.75 Å². The number of amides is 3. The zero-order valence-corrected chi connectivity index (χ0v) is 11.2. The number of nitrogens with one attached hydrogen (secondary N) is 2. The van der Waals surface area contributed by atoms with Gasteiger partial charge in [0.15, 0.2) is 6.10 Å². The van der Waals surface area contributed by atoms with E-state index in [1.54, 1.807) is 25.1 Å². The molecule has 1 aromatic carbocycles. The quantitative estimate of drug-likeness (QED) is 0.881. The molecule has 0 saturated carbocycles. The number of rotatable bonds is 3. The van der Waals surface area contributed by atoms with Crippen LogP contribution >= 0.6 is 11.6 Å². The summed E-state index contributed by atoms with van der Waals surface area (Å²) in [6.45, 7) is 3.39. The molecule has 1 rings (SSSR count). The van der Waals surface area contributed by atoms with Crippen molar-refractivity contribution in [2.45, 2.75) is 20.0 Å². The van der Waals surface area contributed by atoms with Crippen LogP contribution in [0.15, 0.2) is 18.2 Å². The summed E-state index contributed by atoms with van der Waals surface area (Å²) < 4.78 is 5.46. The Morgan fingerprint density at radius 3 is 2.61 bits per heavy atom. The molecule has 6 heteroatoms. The van der Waals surface area contributed by atoms with Gasteiger partial charge < -0.3 is 10.1 Å². The predicted octanol–water partition coefficient (Wildman–Crippen LogP) is 1.87. The number of aryl methyl sites for hydroxylation is 1. The molecule has 0 aliphatic carbocycles. The zero-order valence-electron chi connectivity index (χ0n) is 10.4. The van der Waals surface area contributed by atoms with Crippen LogP contribution in [-0.4, -0.2) is 25.1 Å². The summed E-state index contributed by atoms with van der Waals surface area (Å²) >= 11 is 5.82. The highest BCUT2D eigenvalue weighted by Gasteiger charge is 2.17. The van der Waals surface area contributed by atoms with Crippen molar-refractivity contribution in [1.29, 1.82) is 0 Å². The third-order valence-corrected chi connectivity index (χ3v) is 2.51. The highest BCUT2D eigenvalue weighted by Crippen LogP contribution is 2.22. The van der Waals surface area contributed by atoms with E-state index in [9.17, 15) is 9.59 Å². The minimum Gasteiger partial charge on any atom is -0.481 e. The van der Waals surface area contributed by atoms with Crippen LogP contribution in [0.4, 0.5) is 4.79 Å². The molecule has 0 aromatic heterocycles. The summed E-state index contributed by atoms with van der Waals surface area (Å²) in [5.74, 6) is 0.0441. The number of benzene rings is 1. The first-order chi connectivity index (χ1) is 8.43. The predicted molar refractivity (Wildman–Crippen MR) is 68.9 cm³/mol. The van der Waals surface area contributed by atoms with Crippen LogP contribution in [0.25, 0.3) is 0 Å². The third-order valence-electron chi connectivity index (χ3n) is 2.27. The van der Waals surface area contributed by atoms with Crippen molar-refractivity contribution < 1.29 is 14.3 Å². The first kappa shape index (κ1) is 14.3. The molecule has 0 saturated heterocycles. The molecule has 0 spiro atoms. The van der Waals surface area contributed by atoms with Gasteiger partial charge in [-0.15, -0.1) is 0 Å². The summed E-state index contributed by atoms with van der Waals surface area (Å²) in [7, 11) is 1.43. The number of imide groups is 1. The largest absolute Gasteiger partial charge is 0.481 e. The fourth-order valence-electron chi connectivity index (χ4n) is 1.27. The van der Waals surface area contributed by atoms with Crippen LogP contribution in [0.1, 0.15) is 12.5 Å². The monoisotopic (exact) mass is 270 g/mol. The molecular weight excluding hydrogens is 256 g/mol. The number of halogens is 1. The zero-order chi connectivity index (χ0) is 13.7. The lowest BCUT2D eigenvalue weighted by atomic mass is 10.2. The van der Waals surface area contributed by atoms with Gasteiger partial charge in [0.05, 0.1) is 0 Å². The van der Waals surface area contributed by atoms with E-state index in [4.69, 9.17) is 16.3 Å². The van der Waals surface area contributed by atoms with Gasteiger partial charge in [0, 0.05) is 12.1 Å². The van der Waals surface area contributed by atoms with Crippen molar-refractivity contribution in [3.05, 3.63) is 28.8 Å². The highest BCUT2D eigenvalue weighted by molar-refractivity contribution is 6.30. The van der Waals surface area contributed by atoms with E-state index >= 15 is 0 Å². The molecule has 0 aliphatic heterocycles. The summed E-state index contributed by atoms with van der Waals surface area (Å²) in [4.78, 5) is 22.5. The number of hydrogen-bond donors (Lipinski definition) is 2. The second-order valence-electron chi connectivity index (χ2n) is 3.74. The number of urea groups is 1. The van der Waals surface area contributed by atoms with Crippen LogP contribution in [0.5, 0.6) is 5.75 Å². The van der Waals surface area contributed by atoms with Gasteiger partial charge in [-0.3, -0.25) is 10.1 Å². The third kappa shape index (κ3) is 3.92. The molecule has 0 fully saturated rings. The standard InChI is InChI=1S/C12H15ClN2O3/c1-7-6-9(13)4-5-10(7)18-8(2)11(16)15-12(17)14-3/h4-6,8H,1-3H3,(H2,14,15,16,17)/t8-/m0/s1. The molecule has 0 radical (unpaired) electrons. The normalized spacial score (nSPS) is 11.6. The van der Waals surface area contributed by atoms with Gasteiger partial charge >= 0.3 is 6.03 Å². The van der Waals surface area contributed by atoms with E-state index < -0.39 is 18.0 Å². The molecule has 5 nitrogen and oxygen atoms in total. The lowest BCUT2D eigenvalue weighted by Crippen LogP contribution is -2.44. The van der Waals surface area contributed by atoms with E-state index in [0.717, 1.165) is 5.56 Å². The van der Waals surface area contributed by atoms with Crippen LogP contribution in [0, 0.1) is 6.92 Å². The fourth-order valence-corrected chi connectivity index (χ4v) is 1.49. The molecule has 98 valence electrons. The first-order valence-electron chi connectivity index (χ1n) is 5.39. The Hall–Kier alpha value is -1.75. The maximum absolute atomic E-state index is 11.6. The smallest absolute Gasteiger partial charge is 0.321 e. The summed E-state index contributed by atoms with van der Waals surface area (Å²) in [6.07, 6.45) is -0.776. The molecule has 1 atom stereocenters. The van der Waals surface area contributed by atoms with E-state index in [1.165, 1.54) is 7.05 Å². The number of ether oxygens (including phenoxy) is 1. The van der Waals surface area contributed by atoms with E-state index in [0.29, 0.717) is 10.8 Å². The van der Waals surface area contributed by atoms with Crippen molar-refractivity contribution in [2.75, 3.05) is 7.05 Å². The van der Waals surface area contributed by atoms with Crippen molar-refractivity contribution in [1.82, 2.24) is 10.6 Å². The Balaban J connectivity index is 2.66. The SMILES string of the molecule is CNC(=O)NC(=O)[C@H](C)Oc1ccc(Cl)cc1C. The van der Waals surface area contributed by atoms with E-state index in [2.05, 4.69) is 10.6 Å². The minimum absolute atomic E-state index is 0.510. The second-order valence-corrected chi connectivity index (χ2v) is 4.17. The molecule has 0 bridgehead atoms. The highest BCUT2D eigenvalue weighted by atomic mass is 35.5. The second kappa shape index (κ2) is 6.26. The van der Waals surface area contributed by atoms with Crippen LogP contribution in [0.3, 0.4) is 0 Å². The van der Waals surface area contributed by atoms with Gasteiger partial charge in [-0.05, 0) is 37.6 Å². The van der Waals surface area contributed by atoms with Crippen LogP contribution in [0.2, 0.25) is 5.02 Å². The van der Waals surface area contributed by atoms with Crippen molar-refractivity contribution in [2.24, 2.45) is 0 Å². The Morgan fingerprint density at radius 2 is 2.06 bits per heavy atom. The summed E-state index contributed by atoms with van der Waals surface area (Å²) in [5, 5.41) is 5.03. The molecule has 18 heavy (non-hydrogen) atoms. The van der Waals surface area contributed by atoms with Gasteiger partial charge in [-0.2, -0.15) is 0 Å². The first-order valence-corrected chi connectivity index (χ1v) is 5.77. The van der Waals surface area contributed by atoms with Gasteiger partial charge in [-0.1, -0.05) is 11.6 Å². The molecule has 2 N–H and O–H groups in total. The molecular formula is C12H15ClN2O3. The number of carbonyl (C=O) groups is 2. The average Bonchev–Trinajstić information content (AvgIpc) is 2.32. The molecule has 0 aliphatic rings. The Morgan fingerprint density at radius 1 is 1.39 bits per heavy atom. The van der Waals surface area contributed by atoms with Crippen LogP contribution < -0.4 is 15.4 Å². The topological polar surface area (TPSA) is 67.4 Å². The number of carbonyl (C=O) groups excluding carboxylic acids is 2. The minimum atomic E-state index is -0.776. The maximum Gasteiger partial charge on any atom is 0.321 e. The van der Waals surface area contributed by atoms with Gasteiger partial charge in [0.2, 0.25) is 0 Å². The molecule has 0 unspecified atom stereocenters. The van der Waals surface area contributed by atoms with Gasteiger partial charge in [-0.25, -0.2) is 4.79 Å². The lowest BCUT2D eigenvalue weighted by molar-refractivity contribution is -0.126. The lowest BCUT2D eigenvalue weighted by Gasteiger charge is -2.15. The Kier molecular flexibility index (Phi) is 4.97. The Labute approximate surface area is 110 Å². The summed E-state index contributed by atoms with van der Waals surface area (Å²) in [6, 6.07) is 4.53. The average molecular weight is 271 g/mol.